The minimum atomic E-state index is 0.0473. The molecule has 0 bridgehead atoms. The van der Waals surface area contributed by atoms with Crippen molar-refractivity contribution in [3.8, 4) is 0 Å². The Labute approximate surface area is 100 Å². The number of aryl methyl sites for hydroxylation is 1. The van der Waals surface area contributed by atoms with E-state index in [2.05, 4.69) is 24.4 Å². The van der Waals surface area contributed by atoms with Gasteiger partial charge in [0, 0.05) is 16.8 Å². The summed E-state index contributed by atoms with van der Waals surface area (Å²) in [6.07, 6.45) is 2.09. The molecule has 4 heteroatoms. The minimum Gasteiger partial charge on any atom is -0.339 e. The number of rotatable bonds is 3. The van der Waals surface area contributed by atoms with Gasteiger partial charge in [-0.25, -0.2) is 0 Å². The summed E-state index contributed by atoms with van der Waals surface area (Å²) in [5.74, 6) is 0.226. The third kappa shape index (κ3) is 2.62. The molecule has 16 heavy (non-hydrogen) atoms. The first-order chi connectivity index (χ1) is 7.66. The normalized spacial score (nSPS) is 20.0. The van der Waals surface area contributed by atoms with E-state index in [0.717, 1.165) is 25.9 Å². The highest BCUT2D eigenvalue weighted by Gasteiger charge is 2.24. The summed E-state index contributed by atoms with van der Waals surface area (Å²) in [6.45, 7) is 3.80. The summed E-state index contributed by atoms with van der Waals surface area (Å²) in [7, 11) is 1.89. The first-order valence-corrected chi connectivity index (χ1v) is 6.52. The standard InChI is InChI=1S/C12H18N2OS/c1-9-5-6-10(16-9)8-14(2)12(15)11-4-3-7-13-11/h5-6,11,13H,3-4,7-8H2,1-2H3. The molecule has 1 aliphatic rings. The second kappa shape index (κ2) is 4.97. The van der Waals surface area contributed by atoms with Crippen LogP contribution in [-0.2, 0) is 11.3 Å². The summed E-state index contributed by atoms with van der Waals surface area (Å²) in [6, 6.07) is 4.25. The van der Waals surface area contributed by atoms with Crippen LogP contribution in [-0.4, -0.2) is 30.4 Å². The molecule has 1 amide bonds. The molecule has 1 N–H and O–H groups in total. The fraction of sp³-hybridized carbons (Fsp3) is 0.583. The van der Waals surface area contributed by atoms with Crippen LogP contribution < -0.4 is 5.32 Å². The lowest BCUT2D eigenvalue weighted by molar-refractivity contribution is -0.132. The zero-order chi connectivity index (χ0) is 11.5. The third-order valence-corrected chi connectivity index (χ3v) is 3.91. The Bertz CT molecular complexity index is 369. The summed E-state index contributed by atoms with van der Waals surface area (Å²) < 4.78 is 0. The molecule has 2 heterocycles. The van der Waals surface area contributed by atoms with E-state index >= 15 is 0 Å². The van der Waals surface area contributed by atoms with Gasteiger partial charge in [0.1, 0.15) is 0 Å². The maximum absolute atomic E-state index is 12.0. The number of carbonyl (C=O) groups is 1. The van der Waals surface area contributed by atoms with E-state index in [1.807, 2.05) is 11.9 Å². The molecule has 3 nitrogen and oxygen atoms in total. The molecule has 1 aliphatic heterocycles. The summed E-state index contributed by atoms with van der Waals surface area (Å²) in [4.78, 5) is 16.4. The maximum Gasteiger partial charge on any atom is 0.239 e. The van der Waals surface area contributed by atoms with Crippen LogP contribution in [0.1, 0.15) is 22.6 Å². The van der Waals surface area contributed by atoms with Gasteiger partial charge in [0.25, 0.3) is 0 Å². The van der Waals surface area contributed by atoms with Crippen LogP contribution in [0, 0.1) is 6.92 Å². The number of hydrogen-bond donors (Lipinski definition) is 1. The smallest absolute Gasteiger partial charge is 0.239 e. The number of thiophene rings is 1. The predicted molar refractivity (Wildman–Crippen MR) is 66.6 cm³/mol. The van der Waals surface area contributed by atoms with Crippen LogP contribution in [0.2, 0.25) is 0 Å². The van der Waals surface area contributed by atoms with Crippen LogP contribution in [0.4, 0.5) is 0 Å². The first-order valence-electron chi connectivity index (χ1n) is 5.70. The molecule has 2 rings (SSSR count). The van der Waals surface area contributed by atoms with Crippen molar-refractivity contribution < 1.29 is 4.79 Å². The van der Waals surface area contributed by atoms with Gasteiger partial charge < -0.3 is 10.2 Å². The molecule has 1 fully saturated rings. The molecule has 1 unspecified atom stereocenters. The highest BCUT2D eigenvalue weighted by atomic mass is 32.1. The third-order valence-electron chi connectivity index (χ3n) is 2.92. The SMILES string of the molecule is Cc1ccc(CN(C)C(=O)C2CCCN2)s1. The van der Waals surface area contributed by atoms with Crippen molar-refractivity contribution >= 4 is 17.2 Å². The average molecular weight is 238 g/mol. The molecule has 0 saturated carbocycles. The van der Waals surface area contributed by atoms with Gasteiger partial charge in [-0.3, -0.25) is 4.79 Å². The second-order valence-corrected chi connectivity index (χ2v) is 5.73. The van der Waals surface area contributed by atoms with Crippen LogP contribution in [0.25, 0.3) is 0 Å². The molecule has 1 saturated heterocycles. The van der Waals surface area contributed by atoms with Gasteiger partial charge in [-0.1, -0.05) is 0 Å². The van der Waals surface area contributed by atoms with Gasteiger partial charge in [0.2, 0.25) is 5.91 Å². The Morgan fingerprint density at radius 2 is 2.44 bits per heavy atom. The predicted octanol–water partition coefficient (Wildman–Crippen LogP) is 1.77. The van der Waals surface area contributed by atoms with E-state index in [0.29, 0.717) is 0 Å². The summed E-state index contributed by atoms with van der Waals surface area (Å²) in [5.41, 5.74) is 0. The fourth-order valence-electron chi connectivity index (χ4n) is 2.04. The van der Waals surface area contributed by atoms with Crippen molar-refractivity contribution in [3.05, 3.63) is 21.9 Å². The van der Waals surface area contributed by atoms with Crippen molar-refractivity contribution in [3.63, 3.8) is 0 Å². The van der Waals surface area contributed by atoms with E-state index in [9.17, 15) is 4.79 Å². The van der Waals surface area contributed by atoms with Crippen LogP contribution in [0.5, 0.6) is 0 Å². The number of carbonyl (C=O) groups excluding carboxylic acids is 1. The molecule has 0 aromatic carbocycles. The Morgan fingerprint density at radius 1 is 1.62 bits per heavy atom. The molecule has 1 atom stereocenters. The van der Waals surface area contributed by atoms with Crippen molar-refractivity contribution in [2.45, 2.75) is 32.4 Å². The first kappa shape index (κ1) is 11.6. The largest absolute Gasteiger partial charge is 0.339 e. The highest BCUT2D eigenvalue weighted by molar-refractivity contribution is 7.11. The van der Waals surface area contributed by atoms with Crippen molar-refractivity contribution in [1.82, 2.24) is 10.2 Å². The Kier molecular flexibility index (Phi) is 3.61. The fourth-order valence-corrected chi connectivity index (χ4v) is 2.99. The molecule has 0 spiro atoms. The van der Waals surface area contributed by atoms with E-state index in [-0.39, 0.29) is 11.9 Å². The van der Waals surface area contributed by atoms with Crippen molar-refractivity contribution in [1.29, 1.82) is 0 Å². The van der Waals surface area contributed by atoms with Gasteiger partial charge >= 0.3 is 0 Å². The monoisotopic (exact) mass is 238 g/mol. The Hall–Kier alpha value is -0.870. The quantitative estimate of drug-likeness (QED) is 0.870. The summed E-state index contributed by atoms with van der Waals surface area (Å²) in [5, 5.41) is 3.24. The van der Waals surface area contributed by atoms with Crippen molar-refractivity contribution in [2.24, 2.45) is 0 Å². The van der Waals surface area contributed by atoms with Crippen molar-refractivity contribution in [2.75, 3.05) is 13.6 Å². The van der Waals surface area contributed by atoms with Gasteiger partial charge in [-0.05, 0) is 38.4 Å². The Balaban J connectivity index is 1.91. The molecule has 1 aromatic heterocycles. The molecule has 0 aliphatic carbocycles. The van der Waals surface area contributed by atoms with Gasteiger partial charge in [-0.2, -0.15) is 0 Å². The van der Waals surface area contributed by atoms with E-state index in [4.69, 9.17) is 0 Å². The van der Waals surface area contributed by atoms with Crippen LogP contribution in [0.3, 0.4) is 0 Å². The lowest BCUT2D eigenvalue weighted by Gasteiger charge is -2.20. The minimum absolute atomic E-state index is 0.0473. The average Bonchev–Trinajstić information content (AvgIpc) is 2.88. The van der Waals surface area contributed by atoms with E-state index < -0.39 is 0 Å². The number of likely N-dealkylation sites (N-methyl/N-ethyl adjacent to an activating group) is 1. The topological polar surface area (TPSA) is 32.3 Å². The number of amides is 1. The molecular weight excluding hydrogens is 220 g/mol. The zero-order valence-corrected chi connectivity index (χ0v) is 10.6. The number of hydrogen-bond acceptors (Lipinski definition) is 3. The van der Waals surface area contributed by atoms with E-state index in [1.54, 1.807) is 11.3 Å². The van der Waals surface area contributed by atoms with Gasteiger partial charge in [0.15, 0.2) is 0 Å². The second-order valence-electron chi connectivity index (χ2n) is 4.36. The molecule has 88 valence electrons. The van der Waals surface area contributed by atoms with Gasteiger partial charge in [-0.15, -0.1) is 11.3 Å². The molecule has 0 radical (unpaired) electrons. The zero-order valence-electron chi connectivity index (χ0n) is 9.82. The Morgan fingerprint density at radius 3 is 3.00 bits per heavy atom. The molecule has 1 aromatic rings. The summed E-state index contributed by atoms with van der Waals surface area (Å²) >= 11 is 1.76. The van der Waals surface area contributed by atoms with Crippen LogP contribution in [0.15, 0.2) is 12.1 Å². The van der Waals surface area contributed by atoms with Crippen LogP contribution >= 0.6 is 11.3 Å². The lowest BCUT2D eigenvalue weighted by atomic mass is 10.2. The lowest BCUT2D eigenvalue weighted by Crippen LogP contribution is -2.41. The molecular formula is C12H18N2OS. The highest BCUT2D eigenvalue weighted by Crippen LogP contribution is 2.17. The van der Waals surface area contributed by atoms with Gasteiger partial charge in [0.05, 0.1) is 12.6 Å². The van der Waals surface area contributed by atoms with E-state index in [1.165, 1.54) is 9.75 Å². The maximum atomic E-state index is 12.0. The number of nitrogens with one attached hydrogen (secondary N) is 1. The number of nitrogens with zero attached hydrogens (tertiary/aromatic N) is 1.